The van der Waals surface area contributed by atoms with Crippen molar-refractivity contribution in [3.05, 3.63) is 53.1 Å². The van der Waals surface area contributed by atoms with Crippen LogP contribution in [0.15, 0.2) is 47.4 Å². The molecule has 6 nitrogen and oxygen atoms in total. The van der Waals surface area contributed by atoms with Crippen LogP contribution in [0.1, 0.15) is 12.5 Å². The first-order valence-electron chi connectivity index (χ1n) is 8.00. The first kappa shape index (κ1) is 20.2. The molecule has 0 heterocycles. The standard InChI is InChI=1S/C18H21ClN2O4S/c1-4-25-17-10-9-14(11-13(17)2)26(23,24)21(3)12-18(22)20-16-8-6-5-7-15(16)19/h5-11H,4,12H2,1-3H3,(H,20,22). The lowest BCUT2D eigenvalue weighted by atomic mass is 10.2. The number of nitrogens with one attached hydrogen (secondary N) is 1. The van der Waals surface area contributed by atoms with E-state index in [1.54, 1.807) is 37.3 Å². The van der Waals surface area contributed by atoms with Crippen molar-refractivity contribution in [1.82, 2.24) is 4.31 Å². The third-order valence-electron chi connectivity index (χ3n) is 3.67. The van der Waals surface area contributed by atoms with E-state index < -0.39 is 15.9 Å². The van der Waals surface area contributed by atoms with Crippen molar-refractivity contribution in [2.75, 3.05) is 25.5 Å². The molecule has 0 saturated carbocycles. The highest BCUT2D eigenvalue weighted by atomic mass is 35.5. The smallest absolute Gasteiger partial charge is 0.243 e. The lowest BCUT2D eigenvalue weighted by Crippen LogP contribution is -2.35. The first-order chi connectivity index (χ1) is 12.3. The summed E-state index contributed by atoms with van der Waals surface area (Å²) in [5, 5.41) is 2.99. The highest BCUT2D eigenvalue weighted by Crippen LogP contribution is 2.24. The molecule has 0 bridgehead atoms. The van der Waals surface area contributed by atoms with Crippen molar-refractivity contribution in [1.29, 1.82) is 0 Å². The number of hydrogen-bond acceptors (Lipinski definition) is 4. The number of carbonyl (C=O) groups excluding carboxylic acids is 1. The van der Waals surface area contributed by atoms with Gasteiger partial charge in [-0.2, -0.15) is 4.31 Å². The van der Waals surface area contributed by atoms with Gasteiger partial charge >= 0.3 is 0 Å². The Morgan fingerprint density at radius 3 is 2.54 bits per heavy atom. The van der Waals surface area contributed by atoms with Crippen molar-refractivity contribution in [3.63, 3.8) is 0 Å². The number of halogens is 1. The first-order valence-corrected chi connectivity index (χ1v) is 9.81. The predicted molar refractivity (Wildman–Crippen MR) is 102 cm³/mol. The summed E-state index contributed by atoms with van der Waals surface area (Å²) in [6, 6.07) is 11.4. The minimum atomic E-state index is -3.81. The Labute approximate surface area is 158 Å². The van der Waals surface area contributed by atoms with E-state index in [9.17, 15) is 13.2 Å². The number of likely N-dealkylation sites (N-methyl/N-ethyl adjacent to an activating group) is 1. The van der Waals surface area contributed by atoms with Gasteiger partial charge in [0.05, 0.1) is 28.8 Å². The molecule has 0 aromatic heterocycles. The number of amides is 1. The second kappa shape index (κ2) is 8.53. The zero-order chi connectivity index (χ0) is 19.3. The SMILES string of the molecule is CCOc1ccc(S(=O)(=O)N(C)CC(=O)Nc2ccccc2Cl)cc1C. The largest absolute Gasteiger partial charge is 0.494 e. The van der Waals surface area contributed by atoms with Crippen LogP contribution in [0.2, 0.25) is 5.02 Å². The van der Waals surface area contributed by atoms with E-state index in [1.807, 2.05) is 6.92 Å². The van der Waals surface area contributed by atoms with E-state index >= 15 is 0 Å². The van der Waals surface area contributed by atoms with Gasteiger partial charge in [-0.25, -0.2) is 8.42 Å². The summed E-state index contributed by atoms with van der Waals surface area (Å²) in [4.78, 5) is 12.3. The number of anilines is 1. The molecule has 2 aromatic rings. The number of hydrogen-bond donors (Lipinski definition) is 1. The zero-order valence-electron chi connectivity index (χ0n) is 14.8. The van der Waals surface area contributed by atoms with E-state index in [1.165, 1.54) is 19.2 Å². The van der Waals surface area contributed by atoms with Crippen molar-refractivity contribution < 1.29 is 17.9 Å². The molecule has 1 amide bonds. The lowest BCUT2D eigenvalue weighted by molar-refractivity contribution is -0.116. The zero-order valence-corrected chi connectivity index (χ0v) is 16.4. The molecule has 2 aromatic carbocycles. The summed E-state index contributed by atoms with van der Waals surface area (Å²) < 4.78 is 31.8. The van der Waals surface area contributed by atoms with Crippen LogP contribution in [0.25, 0.3) is 0 Å². The number of carbonyl (C=O) groups is 1. The molecule has 140 valence electrons. The molecule has 0 aliphatic heterocycles. The quantitative estimate of drug-likeness (QED) is 0.779. The summed E-state index contributed by atoms with van der Waals surface area (Å²) in [5.41, 5.74) is 1.14. The van der Waals surface area contributed by atoms with Crippen LogP contribution in [0, 0.1) is 6.92 Å². The normalized spacial score (nSPS) is 11.4. The molecule has 0 unspecified atom stereocenters. The number of para-hydroxylation sites is 1. The van der Waals surface area contributed by atoms with Gasteiger partial charge < -0.3 is 10.1 Å². The minimum absolute atomic E-state index is 0.103. The highest BCUT2D eigenvalue weighted by Gasteiger charge is 2.24. The second-order valence-corrected chi connectivity index (χ2v) is 8.10. The second-order valence-electron chi connectivity index (χ2n) is 5.65. The van der Waals surface area contributed by atoms with Crippen molar-refractivity contribution in [2.45, 2.75) is 18.7 Å². The maximum Gasteiger partial charge on any atom is 0.243 e. The number of sulfonamides is 1. The van der Waals surface area contributed by atoms with Gasteiger partial charge in [0.2, 0.25) is 15.9 Å². The minimum Gasteiger partial charge on any atom is -0.494 e. The Morgan fingerprint density at radius 1 is 1.23 bits per heavy atom. The maximum atomic E-state index is 12.7. The third-order valence-corrected chi connectivity index (χ3v) is 5.80. The van der Waals surface area contributed by atoms with Crippen molar-refractivity contribution in [3.8, 4) is 5.75 Å². The fourth-order valence-electron chi connectivity index (χ4n) is 2.32. The van der Waals surface area contributed by atoms with E-state index in [-0.39, 0.29) is 11.4 Å². The molecule has 0 atom stereocenters. The Balaban J connectivity index is 2.12. The van der Waals surface area contributed by atoms with Gasteiger partial charge in [0.1, 0.15) is 5.75 Å². The van der Waals surface area contributed by atoms with Crippen molar-refractivity contribution >= 4 is 33.2 Å². The highest BCUT2D eigenvalue weighted by molar-refractivity contribution is 7.89. The predicted octanol–water partition coefficient (Wildman–Crippen LogP) is 3.31. The van der Waals surface area contributed by atoms with Gasteiger partial charge in [0.15, 0.2) is 0 Å². The molecule has 0 aliphatic rings. The fraction of sp³-hybridized carbons (Fsp3) is 0.278. The van der Waals surface area contributed by atoms with E-state index in [4.69, 9.17) is 16.3 Å². The number of nitrogens with zero attached hydrogens (tertiary/aromatic N) is 1. The Bertz CT molecular complexity index is 900. The van der Waals surface area contributed by atoms with Crippen molar-refractivity contribution in [2.24, 2.45) is 0 Å². The summed E-state index contributed by atoms with van der Waals surface area (Å²) in [6.07, 6.45) is 0. The lowest BCUT2D eigenvalue weighted by Gasteiger charge is -2.18. The number of ether oxygens (including phenoxy) is 1. The molecule has 0 aliphatic carbocycles. The summed E-state index contributed by atoms with van der Waals surface area (Å²) in [5.74, 6) is 0.150. The van der Waals surface area contributed by atoms with E-state index in [0.29, 0.717) is 28.6 Å². The molecule has 0 radical (unpaired) electrons. The topological polar surface area (TPSA) is 75.7 Å². The molecular weight excluding hydrogens is 376 g/mol. The average molecular weight is 397 g/mol. The maximum absolute atomic E-state index is 12.7. The number of benzene rings is 2. The van der Waals surface area contributed by atoms with Crippen LogP contribution in [-0.4, -0.2) is 38.8 Å². The van der Waals surface area contributed by atoms with Crippen LogP contribution in [-0.2, 0) is 14.8 Å². The molecule has 2 rings (SSSR count). The number of rotatable bonds is 7. The summed E-state index contributed by atoms with van der Waals surface area (Å²) in [6.45, 7) is 3.79. The Morgan fingerprint density at radius 2 is 1.92 bits per heavy atom. The van der Waals surface area contributed by atoms with Crippen LogP contribution in [0.3, 0.4) is 0 Å². The van der Waals surface area contributed by atoms with Crippen LogP contribution in [0.4, 0.5) is 5.69 Å². The van der Waals surface area contributed by atoms with E-state index in [0.717, 1.165) is 4.31 Å². The molecule has 0 spiro atoms. The molecule has 0 fully saturated rings. The van der Waals surface area contributed by atoms with Gasteiger partial charge in [-0.15, -0.1) is 0 Å². The van der Waals surface area contributed by atoms with Gasteiger partial charge in [0, 0.05) is 7.05 Å². The Kier molecular flexibility index (Phi) is 6.63. The van der Waals surface area contributed by atoms with Crippen LogP contribution < -0.4 is 10.1 Å². The third kappa shape index (κ3) is 4.75. The summed E-state index contributed by atoms with van der Waals surface area (Å²) in [7, 11) is -2.45. The molecule has 26 heavy (non-hydrogen) atoms. The molecule has 1 N–H and O–H groups in total. The molecular formula is C18H21ClN2O4S. The van der Waals surface area contributed by atoms with Gasteiger partial charge in [0.25, 0.3) is 0 Å². The number of aryl methyl sites for hydroxylation is 1. The van der Waals surface area contributed by atoms with Gasteiger partial charge in [-0.1, -0.05) is 23.7 Å². The monoisotopic (exact) mass is 396 g/mol. The Hall–Kier alpha value is -2.09. The summed E-state index contributed by atoms with van der Waals surface area (Å²) >= 11 is 5.99. The average Bonchev–Trinajstić information content (AvgIpc) is 2.58. The molecule has 0 saturated heterocycles. The van der Waals surface area contributed by atoms with E-state index in [2.05, 4.69) is 5.32 Å². The van der Waals surface area contributed by atoms with Gasteiger partial charge in [-0.3, -0.25) is 4.79 Å². The van der Waals surface area contributed by atoms with Crippen LogP contribution >= 0.6 is 11.6 Å². The fourth-order valence-corrected chi connectivity index (χ4v) is 3.72. The van der Waals surface area contributed by atoms with Gasteiger partial charge in [-0.05, 0) is 49.7 Å². The molecule has 8 heteroatoms. The van der Waals surface area contributed by atoms with Crippen LogP contribution in [0.5, 0.6) is 5.75 Å².